The standard InChI is InChI=1S/C11H12F3N3O2/c12-11(13,14)7-1-2-9(16-5-7)17-3-4-19-8(6-17)10(15)18/h1-2,5,8H,3-4,6H2,(H2,15,18). The van der Waals surface area contributed by atoms with Crippen molar-refractivity contribution in [1.29, 1.82) is 0 Å². The Morgan fingerprint density at radius 3 is 2.74 bits per heavy atom. The number of primary amides is 1. The van der Waals surface area contributed by atoms with Gasteiger partial charge < -0.3 is 15.4 Å². The van der Waals surface area contributed by atoms with Crippen molar-refractivity contribution in [3.8, 4) is 0 Å². The lowest BCUT2D eigenvalue weighted by atomic mass is 10.2. The molecule has 0 spiro atoms. The minimum absolute atomic E-state index is 0.188. The summed E-state index contributed by atoms with van der Waals surface area (Å²) in [7, 11) is 0. The first-order valence-corrected chi connectivity index (χ1v) is 5.57. The van der Waals surface area contributed by atoms with Gasteiger partial charge in [-0.05, 0) is 12.1 Å². The second-order valence-corrected chi connectivity index (χ2v) is 4.11. The molecule has 5 nitrogen and oxygen atoms in total. The van der Waals surface area contributed by atoms with Gasteiger partial charge in [0, 0.05) is 12.7 Å². The SMILES string of the molecule is NC(=O)C1CN(c2ccc(C(F)(F)F)cn2)CCO1. The first-order chi connectivity index (χ1) is 8.88. The van der Waals surface area contributed by atoms with Crippen molar-refractivity contribution in [2.24, 2.45) is 5.73 Å². The van der Waals surface area contributed by atoms with Crippen LogP contribution in [0.5, 0.6) is 0 Å². The Morgan fingerprint density at radius 1 is 1.47 bits per heavy atom. The largest absolute Gasteiger partial charge is 0.417 e. The number of nitrogens with two attached hydrogens (primary N) is 1. The van der Waals surface area contributed by atoms with Crippen LogP contribution in [0.15, 0.2) is 18.3 Å². The normalized spacial score (nSPS) is 20.4. The summed E-state index contributed by atoms with van der Waals surface area (Å²) in [6.45, 7) is 0.909. The van der Waals surface area contributed by atoms with Crippen molar-refractivity contribution in [3.63, 3.8) is 0 Å². The Bertz CT molecular complexity index is 461. The third kappa shape index (κ3) is 3.14. The molecule has 2 N–H and O–H groups in total. The van der Waals surface area contributed by atoms with Crippen molar-refractivity contribution in [3.05, 3.63) is 23.9 Å². The molecule has 8 heteroatoms. The molecule has 1 saturated heterocycles. The van der Waals surface area contributed by atoms with E-state index < -0.39 is 23.8 Å². The molecule has 0 radical (unpaired) electrons. The zero-order chi connectivity index (χ0) is 14.0. The Kier molecular flexibility index (Phi) is 3.61. The molecule has 0 aromatic carbocycles. The van der Waals surface area contributed by atoms with Crippen molar-refractivity contribution in [1.82, 2.24) is 4.98 Å². The molecule has 1 aliphatic rings. The average molecular weight is 275 g/mol. The maximum atomic E-state index is 12.4. The van der Waals surface area contributed by atoms with Gasteiger partial charge in [-0.15, -0.1) is 0 Å². The molecule has 104 valence electrons. The van der Waals surface area contributed by atoms with E-state index in [1.807, 2.05) is 0 Å². The predicted octanol–water partition coefficient (Wildman–Crippen LogP) is 0.791. The number of ether oxygens (including phenoxy) is 1. The molecule has 0 bridgehead atoms. The minimum Gasteiger partial charge on any atom is -0.367 e. The van der Waals surface area contributed by atoms with Crippen LogP contribution in [-0.2, 0) is 15.7 Å². The molecule has 1 amide bonds. The average Bonchev–Trinajstić information content (AvgIpc) is 2.38. The molecule has 1 atom stereocenters. The number of amides is 1. The first-order valence-electron chi connectivity index (χ1n) is 5.57. The number of nitrogens with zero attached hydrogens (tertiary/aromatic N) is 2. The van der Waals surface area contributed by atoms with E-state index in [0.717, 1.165) is 12.3 Å². The molecule has 1 unspecified atom stereocenters. The minimum atomic E-state index is -4.41. The summed E-state index contributed by atoms with van der Waals surface area (Å²) >= 11 is 0. The molecule has 2 heterocycles. The summed E-state index contributed by atoms with van der Waals surface area (Å²) in [6, 6.07) is 2.23. The molecular formula is C11H12F3N3O2. The molecule has 0 aliphatic carbocycles. The third-order valence-electron chi connectivity index (χ3n) is 2.78. The van der Waals surface area contributed by atoms with Gasteiger partial charge in [0.15, 0.2) is 6.10 Å². The molecule has 2 rings (SSSR count). The molecule has 1 aromatic rings. The molecule has 0 saturated carbocycles. The van der Waals surface area contributed by atoms with E-state index in [1.54, 1.807) is 4.90 Å². The predicted molar refractivity (Wildman–Crippen MR) is 60.4 cm³/mol. The van der Waals surface area contributed by atoms with Gasteiger partial charge in [0.25, 0.3) is 0 Å². The number of anilines is 1. The molecule has 1 fully saturated rings. The van der Waals surface area contributed by atoms with Crippen LogP contribution in [0.3, 0.4) is 0 Å². The number of morpholine rings is 1. The van der Waals surface area contributed by atoms with E-state index >= 15 is 0 Å². The number of hydrogen-bond acceptors (Lipinski definition) is 4. The first kappa shape index (κ1) is 13.6. The van der Waals surface area contributed by atoms with E-state index in [4.69, 9.17) is 10.5 Å². The van der Waals surface area contributed by atoms with Gasteiger partial charge in [0.1, 0.15) is 5.82 Å². The summed E-state index contributed by atoms with van der Waals surface area (Å²) in [5.74, 6) is -0.237. The van der Waals surface area contributed by atoms with E-state index in [2.05, 4.69) is 4.98 Å². The number of carbonyl (C=O) groups is 1. The van der Waals surface area contributed by atoms with Gasteiger partial charge in [-0.3, -0.25) is 4.79 Å². The number of pyridine rings is 1. The summed E-state index contributed by atoms with van der Waals surface area (Å²) in [5.41, 5.74) is 4.32. The van der Waals surface area contributed by atoms with Crippen LogP contribution < -0.4 is 10.6 Å². The highest BCUT2D eigenvalue weighted by Gasteiger charge is 2.31. The van der Waals surface area contributed by atoms with Gasteiger partial charge in [0.05, 0.1) is 18.7 Å². The number of halogens is 3. The number of alkyl halides is 3. The molecule has 19 heavy (non-hydrogen) atoms. The monoisotopic (exact) mass is 275 g/mol. The third-order valence-corrected chi connectivity index (χ3v) is 2.78. The van der Waals surface area contributed by atoms with E-state index in [9.17, 15) is 18.0 Å². The van der Waals surface area contributed by atoms with Crippen molar-refractivity contribution in [2.45, 2.75) is 12.3 Å². The summed E-state index contributed by atoms with van der Waals surface area (Å²) < 4.78 is 42.3. The summed E-state index contributed by atoms with van der Waals surface area (Å²) in [6.07, 6.45) is -4.41. The van der Waals surface area contributed by atoms with Crippen LogP contribution in [0, 0.1) is 0 Å². The van der Waals surface area contributed by atoms with Crippen LogP contribution in [0.1, 0.15) is 5.56 Å². The molecule has 1 aromatic heterocycles. The topological polar surface area (TPSA) is 68.5 Å². The lowest BCUT2D eigenvalue weighted by molar-refractivity contribution is -0.137. The highest BCUT2D eigenvalue weighted by molar-refractivity contribution is 5.79. The maximum absolute atomic E-state index is 12.4. The number of rotatable bonds is 2. The molecular weight excluding hydrogens is 263 g/mol. The Labute approximate surface area is 107 Å². The quantitative estimate of drug-likeness (QED) is 0.866. The smallest absolute Gasteiger partial charge is 0.367 e. The van der Waals surface area contributed by atoms with Gasteiger partial charge in [0.2, 0.25) is 5.91 Å². The van der Waals surface area contributed by atoms with Crippen LogP contribution in [0.2, 0.25) is 0 Å². The lowest BCUT2D eigenvalue weighted by Crippen LogP contribution is -2.48. The van der Waals surface area contributed by atoms with Crippen molar-refractivity contribution in [2.75, 3.05) is 24.6 Å². The molecule has 1 aliphatic heterocycles. The van der Waals surface area contributed by atoms with E-state index in [0.29, 0.717) is 12.4 Å². The highest BCUT2D eigenvalue weighted by Crippen LogP contribution is 2.29. The van der Waals surface area contributed by atoms with E-state index in [-0.39, 0.29) is 13.2 Å². The number of hydrogen-bond donors (Lipinski definition) is 1. The van der Waals surface area contributed by atoms with Crippen molar-refractivity contribution < 1.29 is 22.7 Å². The van der Waals surface area contributed by atoms with Gasteiger partial charge in [-0.2, -0.15) is 13.2 Å². The number of carbonyl (C=O) groups excluding carboxylic acids is 1. The van der Waals surface area contributed by atoms with Crippen molar-refractivity contribution >= 4 is 11.7 Å². The van der Waals surface area contributed by atoms with Crippen LogP contribution >= 0.6 is 0 Å². The summed E-state index contributed by atoms with van der Waals surface area (Å²) in [5, 5.41) is 0. The van der Waals surface area contributed by atoms with Crippen LogP contribution in [0.25, 0.3) is 0 Å². The fourth-order valence-corrected chi connectivity index (χ4v) is 1.77. The summed E-state index contributed by atoms with van der Waals surface area (Å²) in [4.78, 5) is 16.4. The second kappa shape index (κ2) is 5.04. The van der Waals surface area contributed by atoms with Crippen LogP contribution in [-0.4, -0.2) is 36.7 Å². The van der Waals surface area contributed by atoms with Gasteiger partial charge in [-0.25, -0.2) is 4.98 Å². The van der Waals surface area contributed by atoms with Gasteiger partial charge in [-0.1, -0.05) is 0 Å². The zero-order valence-electron chi connectivity index (χ0n) is 9.85. The Morgan fingerprint density at radius 2 is 2.21 bits per heavy atom. The maximum Gasteiger partial charge on any atom is 0.417 e. The fourth-order valence-electron chi connectivity index (χ4n) is 1.77. The fraction of sp³-hybridized carbons (Fsp3) is 0.455. The Hall–Kier alpha value is -1.83. The Balaban J connectivity index is 2.12. The zero-order valence-corrected chi connectivity index (χ0v) is 9.85. The second-order valence-electron chi connectivity index (χ2n) is 4.11. The number of aromatic nitrogens is 1. The lowest BCUT2D eigenvalue weighted by Gasteiger charge is -2.32. The van der Waals surface area contributed by atoms with Gasteiger partial charge >= 0.3 is 6.18 Å². The van der Waals surface area contributed by atoms with Crippen LogP contribution in [0.4, 0.5) is 19.0 Å². The van der Waals surface area contributed by atoms with E-state index in [1.165, 1.54) is 6.07 Å². The highest BCUT2D eigenvalue weighted by atomic mass is 19.4.